The van der Waals surface area contributed by atoms with Gasteiger partial charge in [-0.05, 0) is 53.9 Å². The summed E-state index contributed by atoms with van der Waals surface area (Å²) >= 11 is 9.77. The number of nitrogens with one attached hydrogen (secondary N) is 1. The molecule has 26 heavy (non-hydrogen) atoms. The number of hydrogen-bond donors (Lipinski definition) is 1. The molecule has 0 bridgehead atoms. The second kappa shape index (κ2) is 7.68. The molecular formula is C14H9Br3N6O3. The van der Waals surface area contributed by atoms with Gasteiger partial charge in [0.25, 0.3) is 11.6 Å². The van der Waals surface area contributed by atoms with Crippen molar-refractivity contribution in [2.45, 2.75) is 6.67 Å². The highest BCUT2D eigenvalue weighted by Crippen LogP contribution is 2.35. The molecular weight excluding hydrogens is 540 g/mol. The number of non-ortho nitro benzene ring substituents is 1. The van der Waals surface area contributed by atoms with Crippen LogP contribution in [0.1, 0.15) is 10.5 Å². The smallest absolute Gasteiger partial charge is 0.276 e. The molecule has 12 heteroatoms. The second-order valence-corrected chi connectivity index (χ2v) is 7.70. The van der Waals surface area contributed by atoms with Crippen molar-refractivity contribution in [2.24, 2.45) is 0 Å². The molecule has 0 aliphatic carbocycles. The molecule has 0 atom stereocenters. The van der Waals surface area contributed by atoms with Gasteiger partial charge in [0.2, 0.25) is 0 Å². The fraction of sp³-hybridized carbons (Fsp3) is 0.0714. The highest BCUT2D eigenvalue weighted by molar-refractivity contribution is 9.11. The number of anilines is 1. The molecule has 3 aromatic rings. The van der Waals surface area contributed by atoms with Crippen molar-refractivity contribution in [3.8, 4) is 0 Å². The van der Waals surface area contributed by atoms with Gasteiger partial charge >= 0.3 is 0 Å². The minimum Gasteiger partial charge on any atom is -0.319 e. The molecule has 1 aromatic carbocycles. The van der Waals surface area contributed by atoms with Crippen LogP contribution in [-0.4, -0.2) is 30.4 Å². The molecule has 0 unspecified atom stereocenters. The molecule has 0 fully saturated rings. The minimum absolute atomic E-state index is 0.101. The molecule has 134 valence electrons. The average molecular weight is 549 g/mol. The topological polar surface area (TPSA) is 108 Å². The summed E-state index contributed by atoms with van der Waals surface area (Å²) in [7, 11) is 0. The summed E-state index contributed by atoms with van der Waals surface area (Å²) in [5.74, 6) is -0.444. The van der Waals surface area contributed by atoms with E-state index in [0.29, 0.717) is 21.3 Å². The van der Waals surface area contributed by atoms with Crippen LogP contribution >= 0.6 is 47.8 Å². The fourth-order valence-corrected chi connectivity index (χ4v) is 3.78. The van der Waals surface area contributed by atoms with Gasteiger partial charge in [-0.2, -0.15) is 10.2 Å². The van der Waals surface area contributed by atoms with Crippen LogP contribution in [0.15, 0.2) is 50.2 Å². The van der Waals surface area contributed by atoms with Crippen LogP contribution in [0.2, 0.25) is 0 Å². The van der Waals surface area contributed by atoms with E-state index < -0.39 is 10.8 Å². The summed E-state index contributed by atoms with van der Waals surface area (Å²) in [6.07, 6.45) is 5.09. The Kier molecular flexibility index (Phi) is 5.53. The van der Waals surface area contributed by atoms with E-state index in [-0.39, 0.29) is 11.4 Å². The maximum absolute atomic E-state index is 12.4. The zero-order valence-corrected chi connectivity index (χ0v) is 17.5. The van der Waals surface area contributed by atoms with Crippen LogP contribution in [-0.2, 0) is 6.67 Å². The molecule has 0 saturated heterocycles. The number of aromatic nitrogens is 4. The molecule has 3 rings (SSSR count). The third-order valence-electron chi connectivity index (χ3n) is 3.24. The maximum atomic E-state index is 12.4. The van der Waals surface area contributed by atoms with E-state index in [1.165, 1.54) is 12.1 Å². The third kappa shape index (κ3) is 4.19. The predicted octanol–water partition coefficient (Wildman–Crippen LogP) is 4.03. The van der Waals surface area contributed by atoms with Gasteiger partial charge in [-0.1, -0.05) is 0 Å². The van der Waals surface area contributed by atoms with Gasteiger partial charge in [0, 0.05) is 33.5 Å². The minimum atomic E-state index is -0.517. The number of carbonyl (C=O) groups is 1. The van der Waals surface area contributed by atoms with Gasteiger partial charge in [-0.3, -0.25) is 19.6 Å². The van der Waals surface area contributed by atoms with Crippen LogP contribution in [0.4, 0.5) is 11.4 Å². The van der Waals surface area contributed by atoms with Crippen molar-refractivity contribution in [3.63, 3.8) is 0 Å². The normalized spacial score (nSPS) is 10.7. The Bertz CT molecular complexity index is 976. The zero-order valence-electron chi connectivity index (χ0n) is 12.8. The first-order valence-electron chi connectivity index (χ1n) is 6.99. The summed E-state index contributed by atoms with van der Waals surface area (Å²) in [4.78, 5) is 22.8. The Morgan fingerprint density at radius 1 is 1.23 bits per heavy atom. The van der Waals surface area contributed by atoms with E-state index in [1.807, 2.05) is 0 Å². The second-order valence-electron chi connectivity index (χ2n) is 5.08. The first-order valence-corrected chi connectivity index (χ1v) is 9.37. The van der Waals surface area contributed by atoms with E-state index in [4.69, 9.17) is 0 Å². The SMILES string of the molecule is O=C(Nc1c(Br)cc([N+](=O)[O-])cc1Br)c1ccn(Cn2cc(Br)cn2)n1. The Morgan fingerprint density at radius 2 is 1.92 bits per heavy atom. The lowest BCUT2D eigenvalue weighted by atomic mass is 10.2. The zero-order chi connectivity index (χ0) is 18.8. The maximum Gasteiger partial charge on any atom is 0.276 e. The van der Waals surface area contributed by atoms with Gasteiger partial charge in [0.1, 0.15) is 6.67 Å². The number of rotatable bonds is 5. The lowest BCUT2D eigenvalue weighted by Gasteiger charge is -2.08. The number of halogens is 3. The Morgan fingerprint density at radius 3 is 2.50 bits per heavy atom. The van der Waals surface area contributed by atoms with E-state index in [2.05, 4.69) is 63.3 Å². The van der Waals surface area contributed by atoms with Crippen molar-refractivity contribution >= 4 is 65.1 Å². The number of amides is 1. The number of nitrogens with zero attached hydrogens (tertiary/aromatic N) is 5. The quantitative estimate of drug-likeness (QED) is 0.382. The van der Waals surface area contributed by atoms with Gasteiger partial charge in [0.05, 0.1) is 21.3 Å². The van der Waals surface area contributed by atoms with Crippen molar-refractivity contribution in [1.29, 1.82) is 0 Å². The molecule has 2 heterocycles. The average Bonchev–Trinajstić information content (AvgIpc) is 3.20. The van der Waals surface area contributed by atoms with Gasteiger partial charge < -0.3 is 5.32 Å². The standard InChI is InChI=1S/C14H9Br3N6O3/c15-8-5-18-22(6-8)7-21-2-1-12(20-21)14(24)19-13-10(16)3-9(23(25)26)4-11(13)17/h1-6H,7H2,(H,19,24). The Balaban J connectivity index is 1.75. The van der Waals surface area contributed by atoms with E-state index >= 15 is 0 Å². The van der Waals surface area contributed by atoms with E-state index in [9.17, 15) is 14.9 Å². The lowest BCUT2D eigenvalue weighted by Crippen LogP contribution is -2.15. The third-order valence-corrected chi connectivity index (χ3v) is 4.90. The molecule has 0 spiro atoms. The summed E-state index contributed by atoms with van der Waals surface area (Å²) in [6.45, 7) is 0.351. The van der Waals surface area contributed by atoms with Crippen molar-refractivity contribution in [2.75, 3.05) is 5.32 Å². The highest BCUT2D eigenvalue weighted by Gasteiger charge is 2.18. The van der Waals surface area contributed by atoms with Crippen LogP contribution in [0.5, 0.6) is 0 Å². The molecule has 1 amide bonds. The number of nitro groups is 1. The Hall–Kier alpha value is -2.05. The molecule has 1 N–H and O–H groups in total. The number of benzene rings is 1. The van der Waals surface area contributed by atoms with Crippen LogP contribution in [0, 0.1) is 10.1 Å². The largest absolute Gasteiger partial charge is 0.319 e. The van der Waals surface area contributed by atoms with E-state index in [1.54, 1.807) is 34.0 Å². The van der Waals surface area contributed by atoms with Crippen molar-refractivity contribution in [1.82, 2.24) is 19.6 Å². The first-order chi connectivity index (χ1) is 12.3. The van der Waals surface area contributed by atoms with E-state index in [0.717, 1.165) is 4.47 Å². The lowest BCUT2D eigenvalue weighted by molar-refractivity contribution is -0.385. The summed E-state index contributed by atoms with van der Waals surface area (Å²) in [6, 6.07) is 4.20. The highest BCUT2D eigenvalue weighted by atomic mass is 79.9. The molecule has 0 aliphatic rings. The van der Waals surface area contributed by atoms with Crippen molar-refractivity contribution < 1.29 is 9.72 Å². The number of hydrogen-bond acceptors (Lipinski definition) is 5. The van der Waals surface area contributed by atoms with Crippen LogP contribution in [0.25, 0.3) is 0 Å². The number of carbonyl (C=O) groups excluding carboxylic acids is 1. The molecule has 2 aromatic heterocycles. The summed E-state index contributed by atoms with van der Waals surface area (Å²) in [5.41, 5.74) is 0.482. The van der Waals surface area contributed by atoms with Crippen LogP contribution in [0.3, 0.4) is 0 Å². The molecule has 9 nitrogen and oxygen atoms in total. The fourth-order valence-electron chi connectivity index (χ4n) is 2.09. The monoisotopic (exact) mass is 546 g/mol. The van der Waals surface area contributed by atoms with Crippen LogP contribution < -0.4 is 5.32 Å². The van der Waals surface area contributed by atoms with Gasteiger partial charge in [-0.15, -0.1) is 0 Å². The molecule has 0 saturated carbocycles. The molecule has 0 radical (unpaired) electrons. The van der Waals surface area contributed by atoms with Crippen molar-refractivity contribution in [3.05, 3.63) is 66.0 Å². The predicted molar refractivity (Wildman–Crippen MR) is 104 cm³/mol. The van der Waals surface area contributed by atoms with Gasteiger partial charge in [-0.25, -0.2) is 4.68 Å². The Labute approximate surface area is 171 Å². The number of nitro benzene ring substituents is 1. The first kappa shape index (κ1) is 18.7. The summed E-state index contributed by atoms with van der Waals surface area (Å²) in [5, 5.41) is 21.9. The summed E-state index contributed by atoms with van der Waals surface area (Å²) < 4.78 is 4.83. The van der Waals surface area contributed by atoms with Gasteiger partial charge in [0.15, 0.2) is 5.69 Å². The molecule has 0 aliphatic heterocycles.